The van der Waals surface area contributed by atoms with E-state index in [4.69, 9.17) is 11.6 Å². The number of hydrogen-bond acceptors (Lipinski definition) is 4. The van der Waals surface area contributed by atoms with Gasteiger partial charge in [0.15, 0.2) is 0 Å². The molecule has 1 aromatic rings. The molecule has 8 heteroatoms. The van der Waals surface area contributed by atoms with Gasteiger partial charge in [-0.05, 0) is 42.5 Å². The zero-order valence-corrected chi connectivity index (χ0v) is 19.5. The summed E-state index contributed by atoms with van der Waals surface area (Å²) in [4.78, 5) is 43.5. The summed E-state index contributed by atoms with van der Waals surface area (Å²) in [5.41, 5.74) is 0.969. The van der Waals surface area contributed by atoms with Crippen LogP contribution >= 0.6 is 11.6 Å². The van der Waals surface area contributed by atoms with Crippen molar-refractivity contribution in [3.8, 4) is 0 Å². The predicted octanol–water partition coefficient (Wildman–Crippen LogP) is 2.53. The Balaban J connectivity index is 1.45. The number of halogens is 1. The predicted molar refractivity (Wildman–Crippen MR) is 122 cm³/mol. The van der Waals surface area contributed by atoms with Crippen molar-refractivity contribution >= 4 is 35.0 Å². The maximum Gasteiger partial charge on any atom is 0.243 e. The Morgan fingerprint density at radius 1 is 1.00 bits per heavy atom. The second-order valence-electron chi connectivity index (χ2n) is 9.54. The van der Waals surface area contributed by atoms with Gasteiger partial charge in [0.2, 0.25) is 17.7 Å². The normalized spacial score (nSPS) is 19.5. The van der Waals surface area contributed by atoms with Crippen LogP contribution in [0.3, 0.4) is 0 Å². The summed E-state index contributed by atoms with van der Waals surface area (Å²) in [6.07, 6.45) is 1.87. The molecule has 0 saturated carbocycles. The number of nitrogens with one attached hydrogen (secondary N) is 1. The molecule has 2 heterocycles. The van der Waals surface area contributed by atoms with E-state index in [-0.39, 0.29) is 29.7 Å². The SMILES string of the molecule is CC(C)(C)CC(=O)N1CCCC1C(=O)NCC(=O)N1CCN(c2ccc(Cl)cc2)CC1. The fourth-order valence-electron chi connectivity index (χ4n) is 4.15. The molecule has 170 valence electrons. The van der Waals surface area contributed by atoms with Gasteiger partial charge in [0, 0.05) is 49.9 Å². The molecule has 0 radical (unpaired) electrons. The van der Waals surface area contributed by atoms with E-state index in [1.165, 1.54) is 0 Å². The summed E-state index contributed by atoms with van der Waals surface area (Å²) >= 11 is 5.95. The first-order valence-corrected chi connectivity index (χ1v) is 11.4. The molecule has 2 fully saturated rings. The quantitative estimate of drug-likeness (QED) is 0.751. The minimum Gasteiger partial charge on any atom is -0.368 e. The molecule has 2 saturated heterocycles. The highest BCUT2D eigenvalue weighted by atomic mass is 35.5. The van der Waals surface area contributed by atoms with Gasteiger partial charge in [0.1, 0.15) is 6.04 Å². The summed E-state index contributed by atoms with van der Waals surface area (Å²) in [7, 11) is 0. The third-order valence-corrected chi connectivity index (χ3v) is 6.05. The van der Waals surface area contributed by atoms with Crippen molar-refractivity contribution in [3.63, 3.8) is 0 Å². The highest BCUT2D eigenvalue weighted by molar-refractivity contribution is 6.30. The third-order valence-electron chi connectivity index (χ3n) is 5.80. The molecular weight excluding hydrogens is 416 g/mol. The summed E-state index contributed by atoms with van der Waals surface area (Å²) in [6.45, 7) is 9.31. The van der Waals surface area contributed by atoms with Crippen LogP contribution < -0.4 is 10.2 Å². The first-order valence-electron chi connectivity index (χ1n) is 11.0. The lowest BCUT2D eigenvalue weighted by molar-refractivity contribution is -0.140. The Bertz CT molecular complexity index is 798. The number of benzene rings is 1. The van der Waals surface area contributed by atoms with Gasteiger partial charge in [-0.15, -0.1) is 0 Å². The van der Waals surface area contributed by atoms with Crippen molar-refractivity contribution in [1.29, 1.82) is 0 Å². The lowest BCUT2D eigenvalue weighted by Gasteiger charge is -2.36. The molecule has 31 heavy (non-hydrogen) atoms. The van der Waals surface area contributed by atoms with Crippen LogP contribution in [0.1, 0.15) is 40.0 Å². The molecule has 3 rings (SSSR count). The molecule has 1 unspecified atom stereocenters. The summed E-state index contributed by atoms with van der Waals surface area (Å²) in [5, 5.41) is 3.47. The number of carbonyl (C=O) groups is 3. The van der Waals surface area contributed by atoms with Gasteiger partial charge in [-0.1, -0.05) is 32.4 Å². The van der Waals surface area contributed by atoms with E-state index in [0.29, 0.717) is 37.5 Å². The van der Waals surface area contributed by atoms with E-state index in [1.54, 1.807) is 9.80 Å². The van der Waals surface area contributed by atoms with Crippen LogP contribution in [-0.4, -0.2) is 72.8 Å². The number of anilines is 1. The van der Waals surface area contributed by atoms with E-state index in [9.17, 15) is 14.4 Å². The van der Waals surface area contributed by atoms with E-state index in [0.717, 1.165) is 25.2 Å². The second kappa shape index (κ2) is 9.90. The molecule has 1 atom stereocenters. The number of nitrogens with zero attached hydrogens (tertiary/aromatic N) is 3. The largest absolute Gasteiger partial charge is 0.368 e. The van der Waals surface area contributed by atoms with Crippen LogP contribution in [0.2, 0.25) is 5.02 Å². The minimum atomic E-state index is -0.468. The second-order valence-corrected chi connectivity index (χ2v) is 9.98. The van der Waals surface area contributed by atoms with Crippen molar-refractivity contribution in [1.82, 2.24) is 15.1 Å². The molecule has 0 aromatic heterocycles. The average Bonchev–Trinajstić information content (AvgIpc) is 3.21. The van der Waals surface area contributed by atoms with Crippen molar-refractivity contribution < 1.29 is 14.4 Å². The number of amides is 3. The van der Waals surface area contributed by atoms with Gasteiger partial charge < -0.3 is 20.0 Å². The van der Waals surface area contributed by atoms with Crippen LogP contribution in [-0.2, 0) is 14.4 Å². The molecule has 0 aliphatic carbocycles. The van der Waals surface area contributed by atoms with E-state index < -0.39 is 6.04 Å². The number of piperazine rings is 1. The van der Waals surface area contributed by atoms with Gasteiger partial charge in [-0.2, -0.15) is 0 Å². The van der Waals surface area contributed by atoms with E-state index in [1.807, 2.05) is 45.0 Å². The molecule has 0 bridgehead atoms. The smallest absolute Gasteiger partial charge is 0.243 e. The zero-order valence-electron chi connectivity index (χ0n) is 18.7. The highest BCUT2D eigenvalue weighted by Gasteiger charge is 2.35. The number of rotatable bonds is 5. The van der Waals surface area contributed by atoms with Crippen LogP contribution in [0.5, 0.6) is 0 Å². The fraction of sp³-hybridized carbons (Fsp3) is 0.609. The van der Waals surface area contributed by atoms with Crippen LogP contribution in [0, 0.1) is 5.41 Å². The summed E-state index contributed by atoms with van der Waals surface area (Å²) in [5.74, 6) is -0.308. The number of likely N-dealkylation sites (tertiary alicyclic amines) is 1. The molecule has 2 aliphatic heterocycles. The first-order chi connectivity index (χ1) is 14.6. The van der Waals surface area contributed by atoms with Crippen LogP contribution in [0.25, 0.3) is 0 Å². The van der Waals surface area contributed by atoms with Crippen molar-refractivity contribution in [2.24, 2.45) is 5.41 Å². The maximum atomic E-state index is 12.7. The monoisotopic (exact) mass is 448 g/mol. The maximum absolute atomic E-state index is 12.7. The molecule has 1 aromatic carbocycles. The van der Waals surface area contributed by atoms with Crippen molar-refractivity contribution in [3.05, 3.63) is 29.3 Å². The lowest BCUT2D eigenvalue weighted by atomic mass is 9.91. The van der Waals surface area contributed by atoms with Crippen molar-refractivity contribution in [2.75, 3.05) is 44.2 Å². The standard InChI is InChI=1S/C23H33ClN4O3/c1-23(2,3)15-20(29)28-10-4-5-19(28)22(31)25-16-21(30)27-13-11-26(12-14-27)18-8-6-17(24)7-9-18/h6-9,19H,4-5,10-16H2,1-3H3,(H,25,31). The molecule has 1 N–H and O–H groups in total. The number of hydrogen-bond donors (Lipinski definition) is 1. The Morgan fingerprint density at radius 3 is 2.26 bits per heavy atom. The Hall–Kier alpha value is -2.28. The average molecular weight is 449 g/mol. The Labute approximate surface area is 189 Å². The topological polar surface area (TPSA) is 73.0 Å². The number of carbonyl (C=O) groups excluding carboxylic acids is 3. The van der Waals surface area contributed by atoms with Crippen LogP contribution in [0.4, 0.5) is 5.69 Å². The van der Waals surface area contributed by atoms with E-state index in [2.05, 4.69) is 10.2 Å². The van der Waals surface area contributed by atoms with Gasteiger partial charge >= 0.3 is 0 Å². The summed E-state index contributed by atoms with van der Waals surface area (Å²) in [6, 6.07) is 7.22. The van der Waals surface area contributed by atoms with Gasteiger partial charge in [0.25, 0.3) is 0 Å². The minimum absolute atomic E-state index is 0.00907. The summed E-state index contributed by atoms with van der Waals surface area (Å²) < 4.78 is 0. The van der Waals surface area contributed by atoms with Crippen LogP contribution in [0.15, 0.2) is 24.3 Å². The Morgan fingerprint density at radius 2 is 1.65 bits per heavy atom. The van der Waals surface area contributed by atoms with Crippen molar-refractivity contribution in [2.45, 2.75) is 46.1 Å². The molecule has 7 nitrogen and oxygen atoms in total. The molecule has 3 amide bonds. The molecular formula is C23H33ClN4O3. The van der Waals surface area contributed by atoms with E-state index >= 15 is 0 Å². The lowest BCUT2D eigenvalue weighted by Crippen LogP contribution is -2.53. The Kier molecular flexibility index (Phi) is 7.46. The van der Waals surface area contributed by atoms with Gasteiger partial charge in [-0.3, -0.25) is 14.4 Å². The van der Waals surface area contributed by atoms with Gasteiger partial charge in [0.05, 0.1) is 6.54 Å². The molecule has 2 aliphatic rings. The first kappa shape index (κ1) is 23.4. The zero-order chi connectivity index (χ0) is 22.6. The fourth-order valence-corrected chi connectivity index (χ4v) is 4.28. The molecule has 0 spiro atoms. The highest BCUT2D eigenvalue weighted by Crippen LogP contribution is 2.25. The third kappa shape index (κ3) is 6.35. The van der Waals surface area contributed by atoms with Gasteiger partial charge in [-0.25, -0.2) is 0 Å².